The number of nitriles is 2. The van der Waals surface area contributed by atoms with Crippen LogP contribution < -0.4 is 15.2 Å². The Kier molecular flexibility index (Phi) is 3.74. The Hall–Kier alpha value is -3.18. The SMILES string of the molecule is COc1cc(C#N)cc(Oc2ccc(N)c(C#N)c2)c1. The minimum atomic E-state index is 0.339. The summed E-state index contributed by atoms with van der Waals surface area (Å²) in [7, 11) is 1.51. The number of hydrogen-bond acceptors (Lipinski definition) is 5. The van der Waals surface area contributed by atoms with Gasteiger partial charge in [0.2, 0.25) is 0 Å². The maximum Gasteiger partial charge on any atom is 0.132 e. The average Bonchev–Trinajstić information content (AvgIpc) is 2.48. The molecule has 5 heteroatoms. The molecule has 0 fully saturated rings. The van der Waals surface area contributed by atoms with E-state index in [9.17, 15) is 0 Å². The molecule has 2 N–H and O–H groups in total. The zero-order chi connectivity index (χ0) is 14.5. The molecular formula is C15H11N3O2. The lowest BCUT2D eigenvalue weighted by molar-refractivity contribution is 0.409. The lowest BCUT2D eigenvalue weighted by atomic mass is 10.2. The first-order valence-electron chi connectivity index (χ1n) is 5.73. The predicted octanol–water partition coefficient (Wildman–Crippen LogP) is 2.81. The second-order valence-electron chi connectivity index (χ2n) is 3.97. The van der Waals surface area contributed by atoms with Gasteiger partial charge in [-0.3, -0.25) is 0 Å². The summed E-state index contributed by atoms with van der Waals surface area (Å²) in [5.41, 5.74) is 6.80. The number of benzene rings is 2. The van der Waals surface area contributed by atoms with E-state index in [1.54, 1.807) is 36.4 Å². The normalized spacial score (nSPS) is 9.35. The molecule has 0 aromatic heterocycles. The van der Waals surface area contributed by atoms with Crippen molar-refractivity contribution >= 4 is 5.69 Å². The highest BCUT2D eigenvalue weighted by molar-refractivity contribution is 5.57. The third-order valence-electron chi connectivity index (χ3n) is 2.63. The van der Waals surface area contributed by atoms with Crippen molar-refractivity contribution in [3.05, 3.63) is 47.5 Å². The van der Waals surface area contributed by atoms with E-state index >= 15 is 0 Å². The number of ether oxygens (including phenoxy) is 2. The molecule has 98 valence electrons. The Balaban J connectivity index is 2.35. The van der Waals surface area contributed by atoms with E-state index in [4.69, 9.17) is 25.7 Å². The molecule has 0 amide bonds. The Morgan fingerprint density at radius 3 is 2.35 bits per heavy atom. The van der Waals surface area contributed by atoms with Crippen LogP contribution in [0.5, 0.6) is 17.2 Å². The van der Waals surface area contributed by atoms with Crippen LogP contribution in [0.15, 0.2) is 36.4 Å². The van der Waals surface area contributed by atoms with E-state index in [1.165, 1.54) is 7.11 Å². The second-order valence-corrected chi connectivity index (χ2v) is 3.97. The molecule has 0 unspecified atom stereocenters. The Morgan fingerprint density at radius 2 is 1.70 bits per heavy atom. The maximum atomic E-state index is 8.95. The van der Waals surface area contributed by atoms with Gasteiger partial charge in [-0.2, -0.15) is 10.5 Å². The van der Waals surface area contributed by atoms with Crippen molar-refractivity contribution in [3.63, 3.8) is 0 Å². The highest BCUT2D eigenvalue weighted by Crippen LogP contribution is 2.28. The van der Waals surface area contributed by atoms with Crippen LogP contribution in [0.4, 0.5) is 5.69 Å². The van der Waals surface area contributed by atoms with Crippen LogP contribution in [-0.4, -0.2) is 7.11 Å². The summed E-state index contributed by atoms with van der Waals surface area (Å²) in [6.07, 6.45) is 0. The lowest BCUT2D eigenvalue weighted by Crippen LogP contribution is -1.92. The summed E-state index contributed by atoms with van der Waals surface area (Å²) in [6, 6.07) is 13.7. The predicted molar refractivity (Wildman–Crippen MR) is 73.4 cm³/mol. The van der Waals surface area contributed by atoms with E-state index in [2.05, 4.69) is 0 Å². The Morgan fingerprint density at radius 1 is 0.950 bits per heavy atom. The van der Waals surface area contributed by atoms with Crippen LogP contribution in [0, 0.1) is 22.7 Å². The fourth-order valence-corrected chi connectivity index (χ4v) is 1.64. The zero-order valence-electron chi connectivity index (χ0n) is 10.8. The summed E-state index contributed by atoms with van der Waals surface area (Å²) >= 11 is 0. The van der Waals surface area contributed by atoms with Gasteiger partial charge in [0.25, 0.3) is 0 Å². The van der Waals surface area contributed by atoms with Gasteiger partial charge >= 0.3 is 0 Å². The highest BCUT2D eigenvalue weighted by atomic mass is 16.5. The number of nitrogens with zero attached hydrogens (tertiary/aromatic N) is 2. The van der Waals surface area contributed by atoms with Crippen LogP contribution >= 0.6 is 0 Å². The fourth-order valence-electron chi connectivity index (χ4n) is 1.64. The Labute approximate surface area is 116 Å². The zero-order valence-corrected chi connectivity index (χ0v) is 10.8. The van der Waals surface area contributed by atoms with E-state index in [1.807, 2.05) is 12.1 Å². The molecular weight excluding hydrogens is 254 g/mol. The molecule has 20 heavy (non-hydrogen) atoms. The van der Waals surface area contributed by atoms with E-state index in [0.29, 0.717) is 34.1 Å². The van der Waals surface area contributed by atoms with Gasteiger partial charge in [-0.1, -0.05) is 0 Å². The summed E-state index contributed by atoms with van der Waals surface area (Å²) in [5.74, 6) is 1.44. The van der Waals surface area contributed by atoms with Crippen molar-refractivity contribution in [2.75, 3.05) is 12.8 Å². The first-order valence-corrected chi connectivity index (χ1v) is 5.73. The highest BCUT2D eigenvalue weighted by Gasteiger charge is 2.06. The van der Waals surface area contributed by atoms with Crippen molar-refractivity contribution in [1.82, 2.24) is 0 Å². The molecule has 0 heterocycles. The average molecular weight is 265 g/mol. The van der Waals surface area contributed by atoms with Crippen LogP contribution in [0.1, 0.15) is 11.1 Å². The second kappa shape index (κ2) is 5.64. The maximum absolute atomic E-state index is 8.95. The standard InChI is InChI=1S/C15H11N3O2/c1-19-13-4-10(8-16)5-14(7-13)20-12-2-3-15(18)11(6-12)9-17/h2-7H,18H2,1H3. The van der Waals surface area contributed by atoms with Crippen LogP contribution in [0.2, 0.25) is 0 Å². The molecule has 0 atom stereocenters. The van der Waals surface area contributed by atoms with Crippen LogP contribution in [0.3, 0.4) is 0 Å². The van der Waals surface area contributed by atoms with E-state index in [-0.39, 0.29) is 0 Å². The van der Waals surface area contributed by atoms with Gasteiger partial charge in [0.1, 0.15) is 23.3 Å². The number of hydrogen-bond donors (Lipinski definition) is 1. The molecule has 2 rings (SSSR count). The molecule has 0 saturated carbocycles. The van der Waals surface area contributed by atoms with Crippen molar-refractivity contribution in [2.24, 2.45) is 0 Å². The molecule has 2 aromatic rings. The van der Waals surface area contributed by atoms with Gasteiger partial charge < -0.3 is 15.2 Å². The van der Waals surface area contributed by atoms with E-state index in [0.717, 1.165) is 0 Å². The van der Waals surface area contributed by atoms with Crippen molar-refractivity contribution in [1.29, 1.82) is 10.5 Å². The van der Waals surface area contributed by atoms with Crippen molar-refractivity contribution in [3.8, 4) is 29.4 Å². The first-order chi connectivity index (χ1) is 9.66. The Bertz CT molecular complexity index is 727. The van der Waals surface area contributed by atoms with Gasteiger partial charge in [0, 0.05) is 17.8 Å². The van der Waals surface area contributed by atoms with Gasteiger partial charge in [-0.25, -0.2) is 0 Å². The summed E-state index contributed by atoms with van der Waals surface area (Å²) < 4.78 is 10.7. The van der Waals surface area contributed by atoms with Crippen LogP contribution in [0.25, 0.3) is 0 Å². The molecule has 0 bridgehead atoms. The summed E-state index contributed by atoms with van der Waals surface area (Å²) in [4.78, 5) is 0. The smallest absolute Gasteiger partial charge is 0.132 e. The fraction of sp³-hybridized carbons (Fsp3) is 0.0667. The number of rotatable bonds is 3. The molecule has 0 spiro atoms. The van der Waals surface area contributed by atoms with Gasteiger partial charge in [-0.05, 0) is 24.3 Å². The van der Waals surface area contributed by atoms with Gasteiger partial charge in [-0.15, -0.1) is 0 Å². The molecule has 0 aliphatic rings. The molecule has 0 radical (unpaired) electrons. The quantitative estimate of drug-likeness (QED) is 0.861. The molecule has 0 aliphatic heterocycles. The molecule has 5 nitrogen and oxygen atoms in total. The molecule has 0 saturated heterocycles. The van der Waals surface area contributed by atoms with Crippen LogP contribution in [-0.2, 0) is 0 Å². The summed E-state index contributed by atoms with van der Waals surface area (Å²) in [6.45, 7) is 0. The van der Waals surface area contributed by atoms with E-state index < -0.39 is 0 Å². The number of methoxy groups -OCH3 is 1. The lowest BCUT2D eigenvalue weighted by Gasteiger charge is -2.09. The first kappa shape index (κ1) is 13.3. The number of nitrogen functional groups attached to an aromatic ring is 1. The third-order valence-corrected chi connectivity index (χ3v) is 2.63. The monoisotopic (exact) mass is 265 g/mol. The van der Waals surface area contributed by atoms with Gasteiger partial charge in [0.15, 0.2) is 0 Å². The molecule has 2 aromatic carbocycles. The van der Waals surface area contributed by atoms with Crippen molar-refractivity contribution < 1.29 is 9.47 Å². The molecule has 0 aliphatic carbocycles. The summed E-state index contributed by atoms with van der Waals surface area (Å²) in [5, 5.41) is 17.9. The third kappa shape index (κ3) is 2.80. The largest absolute Gasteiger partial charge is 0.497 e. The van der Waals surface area contributed by atoms with Crippen molar-refractivity contribution in [2.45, 2.75) is 0 Å². The topological polar surface area (TPSA) is 92.1 Å². The number of anilines is 1. The minimum absolute atomic E-state index is 0.339. The number of nitrogens with two attached hydrogens (primary N) is 1. The minimum Gasteiger partial charge on any atom is -0.497 e. The van der Waals surface area contributed by atoms with Gasteiger partial charge in [0.05, 0.1) is 24.3 Å².